The summed E-state index contributed by atoms with van der Waals surface area (Å²) in [5.74, 6) is 0.833. The van der Waals surface area contributed by atoms with Crippen LogP contribution in [0.5, 0.6) is 0 Å². The first-order valence-corrected chi connectivity index (χ1v) is 5.10. The molecule has 0 bridgehead atoms. The zero-order valence-corrected chi connectivity index (χ0v) is 11.1. The van der Waals surface area contributed by atoms with E-state index in [-0.39, 0.29) is 0 Å². The Morgan fingerprint density at radius 1 is 1.00 bits per heavy atom. The summed E-state index contributed by atoms with van der Waals surface area (Å²) in [4.78, 5) is 0. The highest BCUT2D eigenvalue weighted by Gasteiger charge is 1.68. The normalized spacial score (nSPS) is 6.23. The second-order valence-corrected chi connectivity index (χ2v) is 3.10. The fourth-order valence-electron chi connectivity index (χ4n) is 0. The van der Waals surface area contributed by atoms with Crippen molar-refractivity contribution in [2.45, 2.75) is 55.4 Å². The van der Waals surface area contributed by atoms with Crippen LogP contribution in [0.25, 0.3) is 0 Å². The van der Waals surface area contributed by atoms with E-state index < -0.39 is 0 Å². The van der Waals surface area contributed by atoms with Crippen molar-refractivity contribution in [3.05, 3.63) is 24.8 Å². The van der Waals surface area contributed by atoms with E-state index in [2.05, 4.69) is 53.9 Å². The zero-order chi connectivity index (χ0) is 11.9. The molecule has 0 saturated carbocycles. The van der Waals surface area contributed by atoms with Gasteiger partial charge in [-0.15, -0.1) is 13.2 Å². The van der Waals surface area contributed by atoms with Gasteiger partial charge in [0.15, 0.2) is 0 Å². The summed E-state index contributed by atoms with van der Waals surface area (Å²) in [5.41, 5.74) is 1.38. The van der Waals surface area contributed by atoms with Gasteiger partial charge in [-0.05, 0) is 26.7 Å². The van der Waals surface area contributed by atoms with Crippen LogP contribution in [0.2, 0.25) is 0 Å². The Morgan fingerprint density at radius 3 is 1.08 bits per heavy atom. The SMILES string of the molecule is C=C.CC.CC(C)C.CC=C(C)C. The molecule has 13 heavy (non-hydrogen) atoms. The standard InChI is InChI=1S/C5H10.C4H10.C2H6.C2H4/c1-4-5(2)3;1-4(2)3;2*1-2/h4H,1-3H3;4H,1-3H3;1-2H3;1-2H2. The van der Waals surface area contributed by atoms with Gasteiger partial charge >= 0.3 is 0 Å². The summed E-state index contributed by atoms with van der Waals surface area (Å²) < 4.78 is 0. The van der Waals surface area contributed by atoms with Gasteiger partial charge < -0.3 is 0 Å². The molecule has 0 unspecified atom stereocenters. The van der Waals surface area contributed by atoms with Crippen LogP contribution < -0.4 is 0 Å². The summed E-state index contributed by atoms with van der Waals surface area (Å²) in [6.45, 7) is 22.7. The molecule has 0 saturated heterocycles. The first-order chi connectivity index (χ1) is 6.00. The monoisotopic (exact) mass is 186 g/mol. The molecule has 0 fully saturated rings. The molecular formula is C13H30. The maximum Gasteiger partial charge on any atom is -0.0442 e. The van der Waals surface area contributed by atoms with Crippen molar-refractivity contribution in [1.82, 2.24) is 0 Å². The Hall–Kier alpha value is -0.520. The minimum absolute atomic E-state index is 0.833. The number of rotatable bonds is 0. The maximum atomic E-state index is 3.00. The quantitative estimate of drug-likeness (QED) is 0.440. The third kappa shape index (κ3) is 471. The van der Waals surface area contributed by atoms with Crippen molar-refractivity contribution in [3.8, 4) is 0 Å². The van der Waals surface area contributed by atoms with Crippen molar-refractivity contribution in [2.75, 3.05) is 0 Å². The Kier molecular flexibility index (Phi) is 52.8. The molecule has 0 spiro atoms. The predicted molar refractivity (Wildman–Crippen MR) is 68.2 cm³/mol. The molecule has 82 valence electrons. The second kappa shape index (κ2) is 30.0. The van der Waals surface area contributed by atoms with Crippen LogP contribution in [-0.2, 0) is 0 Å². The van der Waals surface area contributed by atoms with Gasteiger partial charge in [-0.25, -0.2) is 0 Å². The van der Waals surface area contributed by atoms with Gasteiger partial charge in [-0.3, -0.25) is 0 Å². The molecule has 0 heterocycles. The van der Waals surface area contributed by atoms with Crippen LogP contribution in [-0.4, -0.2) is 0 Å². The Labute approximate surface area is 86.8 Å². The summed E-state index contributed by atoms with van der Waals surface area (Å²) >= 11 is 0. The van der Waals surface area contributed by atoms with Crippen LogP contribution in [0.1, 0.15) is 55.4 Å². The number of hydrogen-bond donors (Lipinski definition) is 0. The molecule has 0 amide bonds. The Bertz CT molecular complexity index is 71.3. The maximum absolute atomic E-state index is 3.00. The van der Waals surface area contributed by atoms with E-state index in [1.54, 1.807) is 0 Å². The predicted octanol–water partition coefficient (Wildman–Crippen LogP) is 5.46. The molecule has 0 aromatic rings. The largest absolute Gasteiger partial charge is 0.106 e. The van der Waals surface area contributed by atoms with Crippen molar-refractivity contribution in [3.63, 3.8) is 0 Å². The highest BCUT2D eigenvalue weighted by molar-refractivity contribution is 4.88. The molecule has 0 aromatic heterocycles. The summed E-state index contributed by atoms with van der Waals surface area (Å²) in [5, 5.41) is 0. The van der Waals surface area contributed by atoms with E-state index >= 15 is 0 Å². The summed E-state index contributed by atoms with van der Waals surface area (Å²) in [7, 11) is 0. The third-order valence-corrected chi connectivity index (χ3v) is 0.577. The first-order valence-electron chi connectivity index (χ1n) is 5.10. The molecular weight excluding hydrogens is 156 g/mol. The zero-order valence-electron chi connectivity index (χ0n) is 11.1. The lowest BCUT2D eigenvalue weighted by Crippen LogP contribution is -1.66. The molecule has 0 N–H and O–H groups in total. The average molecular weight is 186 g/mol. The van der Waals surface area contributed by atoms with Crippen molar-refractivity contribution < 1.29 is 0 Å². The molecule has 0 aromatic carbocycles. The fraction of sp³-hybridized carbons (Fsp3) is 0.692. The van der Waals surface area contributed by atoms with Crippen LogP contribution >= 0.6 is 0 Å². The molecule has 0 aliphatic carbocycles. The second-order valence-electron chi connectivity index (χ2n) is 3.10. The van der Waals surface area contributed by atoms with Crippen LogP contribution in [0.3, 0.4) is 0 Å². The average Bonchev–Trinajstić information content (AvgIpc) is 2.10. The molecule has 0 aliphatic heterocycles. The minimum atomic E-state index is 0.833. The van der Waals surface area contributed by atoms with E-state index in [1.807, 2.05) is 20.8 Å². The van der Waals surface area contributed by atoms with E-state index in [0.717, 1.165) is 5.92 Å². The van der Waals surface area contributed by atoms with Crippen molar-refractivity contribution >= 4 is 0 Å². The molecule has 0 heteroatoms. The van der Waals surface area contributed by atoms with E-state index in [1.165, 1.54) is 5.57 Å². The molecule has 0 rings (SSSR count). The molecule has 0 nitrogen and oxygen atoms in total. The first kappa shape index (κ1) is 22.9. The van der Waals surface area contributed by atoms with E-state index in [9.17, 15) is 0 Å². The lowest BCUT2D eigenvalue weighted by Gasteiger charge is -1.79. The smallest absolute Gasteiger partial charge is 0.0442 e. The number of hydrogen-bond acceptors (Lipinski definition) is 0. The Morgan fingerprint density at radius 2 is 1.08 bits per heavy atom. The summed E-state index contributed by atoms with van der Waals surface area (Å²) in [6, 6.07) is 0. The molecule has 0 atom stereocenters. The van der Waals surface area contributed by atoms with Crippen molar-refractivity contribution in [2.24, 2.45) is 5.92 Å². The van der Waals surface area contributed by atoms with E-state index in [4.69, 9.17) is 0 Å². The lowest BCUT2D eigenvalue weighted by atomic mass is 10.3. The topological polar surface area (TPSA) is 0 Å². The third-order valence-electron chi connectivity index (χ3n) is 0.577. The minimum Gasteiger partial charge on any atom is -0.106 e. The van der Waals surface area contributed by atoms with Crippen LogP contribution in [0.4, 0.5) is 0 Å². The summed E-state index contributed by atoms with van der Waals surface area (Å²) in [6.07, 6.45) is 2.08. The highest BCUT2D eigenvalue weighted by atomic mass is 13.7. The van der Waals surface area contributed by atoms with E-state index in [0.29, 0.717) is 0 Å². The van der Waals surface area contributed by atoms with Gasteiger partial charge in [0, 0.05) is 0 Å². The van der Waals surface area contributed by atoms with Gasteiger partial charge in [-0.1, -0.05) is 46.3 Å². The highest BCUT2D eigenvalue weighted by Crippen LogP contribution is 1.82. The van der Waals surface area contributed by atoms with Crippen LogP contribution in [0, 0.1) is 5.92 Å². The van der Waals surface area contributed by atoms with Gasteiger partial charge in [0.25, 0.3) is 0 Å². The number of allylic oxidation sites excluding steroid dienone is 2. The molecule has 0 aliphatic rings. The van der Waals surface area contributed by atoms with Gasteiger partial charge in [0.2, 0.25) is 0 Å². The van der Waals surface area contributed by atoms with Crippen LogP contribution in [0.15, 0.2) is 24.8 Å². The fourth-order valence-corrected chi connectivity index (χ4v) is 0. The van der Waals surface area contributed by atoms with Gasteiger partial charge in [-0.2, -0.15) is 0 Å². The van der Waals surface area contributed by atoms with Gasteiger partial charge in [0.05, 0.1) is 0 Å². The lowest BCUT2D eigenvalue weighted by molar-refractivity contribution is 0.737. The Balaban J connectivity index is -0.0000000457. The molecule has 0 radical (unpaired) electrons. The van der Waals surface area contributed by atoms with Gasteiger partial charge in [0.1, 0.15) is 0 Å². The van der Waals surface area contributed by atoms with Crippen molar-refractivity contribution in [1.29, 1.82) is 0 Å².